The molecule has 3 heteroatoms. The van der Waals surface area contributed by atoms with Gasteiger partial charge in [0.15, 0.2) is 0 Å². The fourth-order valence-corrected chi connectivity index (χ4v) is 2.91. The van der Waals surface area contributed by atoms with Crippen LogP contribution in [0, 0.1) is 0 Å². The van der Waals surface area contributed by atoms with Crippen LogP contribution < -0.4 is 0 Å². The smallest absolute Gasteiger partial charge is 0.399 e. The minimum absolute atomic E-state index is 0.544. The summed E-state index contributed by atoms with van der Waals surface area (Å²) in [7, 11) is 0. The highest BCUT2D eigenvalue weighted by Crippen LogP contribution is 2.27. The van der Waals surface area contributed by atoms with Gasteiger partial charge in [0.1, 0.15) is 11.5 Å². The molecule has 0 aromatic heterocycles. The first-order valence-electron chi connectivity index (χ1n) is 7.93. The molecule has 3 nitrogen and oxygen atoms in total. The summed E-state index contributed by atoms with van der Waals surface area (Å²) in [6.45, 7) is 4.12. The number of ether oxygens (including phenoxy) is 2. The molecule has 0 aromatic carbocycles. The zero-order valence-corrected chi connectivity index (χ0v) is 12.8. The Labute approximate surface area is 122 Å². The Bertz CT molecular complexity index is 380. The van der Waals surface area contributed by atoms with Gasteiger partial charge in [0.25, 0.3) is 0 Å². The van der Waals surface area contributed by atoms with Crippen molar-refractivity contribution in [3.63, 3.8) is 0 Å². The van der Waals surface area contributed by atoms with Crippen molar-refractivity contribution in [3.8, 4) is 0 Å². The average Bonchev–Trinajstić information content (AvgIpc) is 2.73. The Morgan fingerprint density at radius 2 is 1.10 bits per heavy atom. The molecule has 0 saturated carbocycles. The van der Waals surface area contributed by atoms with E-state index in [1.807, 2.05) is 0 Å². The lowest BCUT2D eigenvalue weighted by atomic mass is 10.1. The van der Waals surface area contributed by atoms with Crippen molar-refractivity contribution in [1.29, 1.82) is 0 Å². The normalized spacial score (nSPS) is 21.3. The first kappa shape index (κ1) is 15.1. The summed E-state index contributed by atoms with van der Waals surface area (Å²) in [5.74, 6) is 1.67. The summed E-state index contributed by atoms with van der Waals surface area (Å²) in [6, 6.07) is 0. The standard InChI is InChI=1S/C17H26O3/c1-13-9-5-3-7-11-15(13)19-17(18)20-16-12-8-4-6-10-14(16)2/h3-12H2,1-2H3. The Morgan fingerprint density at radius 3 is 1.55 bits per heavy atom. The second kappa shape index (κ2) is 7.51. The monoisotopic (exact) mass is 278 g/mol. The first-order valence-corrected chi connectivity index (χ1v) is 7.93. The lowest BCUT2D eigenvalue weighted by Gasteiger charge is -2.13. The maximum absolute atomic E-state index is 12.0. The van der Waals surface area contributed by atoms with E-state index in [0.29, 0.717) is 0 Å². The van der Waals surface area contributed by atoms with Crippen LogP contribution in [0.15, 0.2) is 22.7 Å². The van der Waals surface area contributed by atoms with Crippen LogP contribution >= 0.6 is 0 Å². The fourth-order valence-electron chi connectivity index (χ4n) is 2.91. The molecule has 0 N–H and O–H groups in total. The quantitative estimate of drug-likeness (QED) is 0.615. The van der Waals surface area contributed by atoms with Crippen LogP contribution in [0.25, 0.3) is 0 Å². The summed E-state index contributed by atoms with van der Waals surface area (Å²) >= 11 is 0. The Kier molecular flexibility index (Phi) is 5.69. The van der Waals surface area contributed by atoms with Gasteiger partial charge in [-0.25, -0.2) is 4.79 Å². The minimum Gasteiger partial charge on any atom is -0.399 e. The largest absolute Gasteiger partial charge is 0.518 e. The molecule has 0 fully saturated rings. The van der Waals surface area contributed by atoms with Crippen molar-refractivity contribution >= 4 is 6.16 Å². The van der Waals surface area contributed by atoms with E-state index in [-0.39, 0.29) is 0 Å². The van der Waals surface area contributed by atoms with Crippen molar-refractivity contribution in [2.24, 2.45) is 0 Å². The molecule has 0 atom stereocenters. The van der Waals surface area contributed by atoms with Crippen LogP contribution in [0.5, 0.6) is 0 Å². The van der Waals surface area contributed by atoms with E-state index in [1.165, 1.54) is 36.8 Å². The van der Waals surface area contributed by atoms with E-state index >= 15 is 0 Å². The molecular weight excluding hydrogens is 252 g/mol. The SMILES string of the molecule is CC1=C(OC(=O)OC2=C(C)CCCCC2)CCCCC1. The lowest BCUT2D eigenvalue weighted by molar-refractivity contribution is 0.0952. The maximum atomic E-state index is 12.0. The molecule has 0 saturated heterocycles. The number of allylic oxidation sites excluding steroid dienone is 4. The summed E-state index contributed by atoms with van der Waals surface area (Å²) in [5.41, 5.74) is 2.40. The van der Waals surface area contributed by atoms with Crippen molar-refractivity contribution in [1.82, 2.24) is 0 Å². The highest BCUT2D eigenvalue weighted by atomic mass is 16.7. The molecule has 0 spiro atoms. The van der Waals surface area contributed by atoms with Gasteiger partial charge in [-0.2, -0.15) is 0 Å². The molecule has 112 valence electrons. The second-order valence-corrected chi connectivity index (χ2v) is 5.98. The van der Waals surface area contributed by atoms with Crippen molar-refractivity contribution in [2.75, 3.05) is 0 Å². The molecule has 0 aliphatic heterocycles. The van der Waals surface area contributed by atoms with E-state index in [9.17, 15) is 4.79 Å². The molecule has 0 bridgehead atoms. The molecule has 0 heterocycles. The summed E-state index contributed by atoms with van der Waals surface area (Å²) in [4.78, 5) is 12.0. The van der Waals surface area contributed by atoms with Gasteiger partial charge in [-0.1, -0.05) is 12.8 Å². The molecule has 0 unspecified atom stereocenters. The van der Waals surface area contributed by atoms with Crippen molar-refractivity contribution in [2.45, 2.75) is 78.1 Å². The van der Waals surface area contributed by atoms with Gasteiger partial charge in [-0.15, -0.1) is 0 Å². The Hall–Kier alpha value is -1.25. The number of carbonyl (C=O) groups excluding carboxylic acids is 1. The third-order valence-electron chi connectivity index (χ3n) is 4.28. The first-order chi connectivity index (χ1) is 9.66. The van der Waals surface area contributed by atoms with E-state index in [4.69, 9.17) is 9.47 Å². The maximum Gasteiger partial charge on any atom is 0.518 e. The predicted octanol–water partition coefficient (Wildman–Crippen LogP) is 5.62. The predicted molar refractivity (Wildman–Crippen MR) is 79.1 cm³/mol. The van der Waals surface area contributed by atoms with Crippen LogP contribution in [0.4, 0.5) is 4.79 Å². The average molecular weight is 278 g/mol. The zero-order valence-electron chi connectivity index (χ0n) is 12.8. The van der Waals surface area contributed by atoms with Gasteiger partial charge < -0.3 is 9.47 Å². The molecule has 2 aliphatic carbocycles. The highest BCUT2D eigenvalue weighted by Gasteiger charge is 2.18. The third kappa shape index (κ3) is 4.39. The van der Waals surface area contributed by atoms with Gasteiger partial charge in [-0.3, -0.25) is 0 Å². The summed E-state index contributed by atoms with van der Waals surface area (Å²) < 4.78 is 10.9. The fraction of sp³-hybridized carbons (Fsp3) is 0.706. The van der Waals surface area contributed by atoms with Gasteiger partial charge in [0.2, 0.25) is 0 Å². The molecular formula is C17H26O3. The van der Waals surface area contributed by atoms with Crippen LogP contribution in [0.2, 0.25) is 0 Å². The topological polar surface area (TPSA) is 35.5 Å². The summed E-state index contributed by atoms with van der Waals surface area (Å²) in [5, 5.41) is 0. The Morgan fingerprint density at radius 1 is 0.700 bits per heavy atom. The summed E-state index contributed by atoms with van der Waals surface area (Å²) in [6.07, 6.45) is 10.2. The van der Waals surface area contributed by atoms with Crippen molar-refractivity contribution < 1.29 is 14.3 Å². The Balaban J connectivity index is 1.94. The van der Waals surface area contributed by atoms with E-state index in [1.54, 1.807) is 0 Å². The molecule has 0 amide bonds. The van der Waals surface area contributed by atoms with Crippen LogP contribution in [-0.2, 0) is 9.47 Å². The van der Waals surface area contributed by atoms with E-state index < -0.39 is 6.16 Å². The van der Waals surface area contributed by atoms with Gasteiger partial charge >= 0.3 is 6.16 Å². The van der Waals surface area contributed by atoms with Gasteiger partial charge in [0, 0.05) is 12.8 Å². The number of carbonyl (C=O) groups is 1. The van der Waals surface area contributed by atoms with Crippen LogP contribution in [0.1, 0.15) is 78.1 Å². The number of rotatable bonds is 2. The third-order valence-corrected chi connectivity index (χ3v) is 4.28. The van der Waals surface area contributed by atoms with Crippen LogP contribution in [-0.4, -0.2) is 6.16 Å². The zero-order chi connectivity index (χ0) is 14.4. The second-order valence-electron chi connectivity index (χ2n) is 5.98. The number of hydrogen-bond acceptors (Lipinski definition) is 3. The molecule has 2 rings (SSSR count). The molecule has 2 aliphatic rings. The molecule has 0 radical (unpaired) electrons. The molecule has 20 heavy (non-hydrogen) atoms. The van der Waals surface area contributed by atoms with Gasteiger partial charge in [-0.05, 0) is 63.5 Å². The van der Waals surface area contributed by atoms with Crippen molar-refractivity contribution in [3.05, 3.63) is 22.7 Å². The van der Waals surface area contributed by atoms with Crippen LogP contribution in [0.3, 0.4) is 0 Å². The van der Waals surface area contributed by atoms with Gasteiger partial charge in [0.05, 0.1) is 0 Å². The van der Waals surface area contributed by atoms with E-state index in [2.05, 4.69) is 13.8 Å². The minimum atomic E-state index is -0.544. The molecule has 0 aromatic rings. The lowest BCUT2D eigenvalue weighted by Crippen LogP contribution is -2.09. The number of hydrogen-bond donors (Lipinski definition) is 0. The van der Waals surface area contributed by atoms with E-state index in [0.717, 1.165) is 50.0 Å². The highest BCUT2D eigenvalue weighted by molar-refractivity contribution is 5.63.